The van der Waals surface area contributed by atoms with Crippen molar-refractivity contribution in [2.75, 3.05) is 4.72 Å². The van der Waals surface area contributed by atoms with E-state index in [0.29, 0.717) is 5.69 Å². The van der Waals surface area contributed by atoms with Gasteiger partial charge in [0.1, 0.15) is 0 Å². The smallest absolute Gasteiger partial charge is 0.261 e. The molecule has 0 aliphatic heterocycles. The number of rotatable bonds is 5. The molecule has 1 heterocycles. The van der Waals surface area contributed by atoms with Gasteiger partial charge in [-0.2, -0.15) is 0 Å². The summed E-state index contributed by atoms with van der Waals surface area (Å²) in [5.41, 5.74) is 6.73. The summed E-state index contributed by atoms with van der Waals surface area (Å²) in [4.78, 5) is 12.1. The molecule has 3 rings (SSSR count). The van der Waals surface area contributed by atoms with E-state index in [9.17, 15) is 13.2 Å². The first-order valence-electron chi connectivity index (χ1n) is 7.03. The van der Waals surface area contributed by atoms with E-state index in [1.807, 2.05) is 29.6 Å². The first kappa shape index (κ1) is 16.2. The van der Waals surface area contributed by atoms with Gasteiger partial charge >= 0.3 is 0 Å². The Labute approximate surface area is 143 Å². The fourth-order valence-electron chi connectivity index (χ4n) is 2.22. The molecule has 3 aromatic rings. The van der Waals surface area contributed by atoms with Crippen molar-refractivity contribution in [3.8, 4) is 10.4 Å². The second-order valence-corrected chi connectivity index (χ2v) is 7.65. The summed E-state index contributed by atoms with van der Waals surface area (Å²) < 4.78 is 27.8. The van der Waals surface area contributed by atoms with Crippen LogP contribution in [0.2, 0.25) is 0 Å². The fourth-order valence-corrected chi connectivity index (χ4v) is 4.07. The Morgan fingerprint density at radius 1 is 0.958 bits per heavy atom. The molecule has 2 aromatic carbocycles. The van der Waals surface area contributed by atoms with Gasteiger partial charge in [0.2, 0.25) is 5.91 Å². The molecule has 0 spiro atoms. The molecule has 0 aliphatic carbocycles. The van der Waals surface area contributed by atoms with E-state index in [1.54, 1.807) is 12.1 Å². The number of benzene rings is 2. The molecule has 7 heteroatoms. The molecule has 0 saturated heterocycles. The van der Waals surface area contributed by atoms with Crippen LogP contribution < -0.4 is 10.5 Å². The summed E-state index contributed by atoms with van der Waals surface area (Å²) in [5, 5.41) is 1.93. The highest BCUT2D eigenvalue weighted by atomic mass is 32.2. The van der Waals surface area contributed by atoms with Gasteiger partial charge in [-0.15, -0.1) is 11.3 Å². The van der Waals surface area contributed by atoms with Crippen LogP contribution in [0.4, 0.5) is 5.69 Å². The number of carbonyl (C=O) groups excluding carboxylic acids is 1. The Balaban J connectivity index is 1.94. The van der Waals surface area contributed by atoms with Crippen LogP contribution in [0.25, 0.3) is 10.4 Å². The van der Waals surface area contributed by atoms with Gasteiger partial charge in [0.05, 0.1) is 10.6 Å². The lowest BCUT2D eigenvalue weighted by molar-refractivity contribution is 0.1000. The van der Waals surface area contributed by atoms with E-state index >= 15 is 0 Å². The van der Waals surface area contributed by atoms with Gasteiger partial charge in [0.15, 0.2) is 0 Å². The van der Waals surface area contributed by atoms with Crippen molar-refractivity contribution in [3.05, 3.63) is 71.6 Å². The summed E-state index contributed by atoms with van der Waals surface area (Å²) in [6.07, 6.45) is 0. The molecule has 122 valence electrons. The Bertz CT molecular complexity index is 963. The molecule has 0 unspecified atom stereocenters. The third-order valence-electron chi connectivity index (χ3n) is 3.41. The Hall–Kier alpha value is -2.64. The number of sulfonamides is 1. The van der Waals surface area contributed by atoms with Crippen LogP contribution in [0.3, 0.4) is 0 Å². The summed E-state index contributed by atoms with van der Waals surface area (Å²) in [6.45, 7) is 0. The number of hydrogen-bond acceptors (Lipinski definition) is 4. The Kier molecular flexibility index (Phi) is 4.37. The van der Waals surface area contributed by atoms with Crippen LogP contribution in [0.5, 0.6) is 0 Å². The van der Waals surface area contributed by atoms with Crippen molar-refractivity contribution in [2.24, 2.45) is 5.73 Å². The number of thiophene rings is 1. The number of carbonyl (C=O) groups is 1. The summed E-state index contributed by atoms with van der Waals surface area (Å²) in [6, 6.07) is 16.5. The molecule has 0 fully saturated rings. The molecule has 0 radical (unpaired) electrons. The predicted octanol–water partition coefficient (Wildman–Crippen LogP) is 3.31. The molecule has 1 aromatic heterocycles. The maximum atomic E-state index is 12.6. The molecule has 0 saturated carbocycles. The van der Waals surface area contributed by atoms with Crippen LogP contribution >= 0.6 is 11.3 Å². The molecule has 24 heavy (non-hydrogen) atoms. The highest BCUT2D eigenvalue weighted by molar-refractivity contribution is 7.92. The first-order chi connectivity index (χ1) is 11.5. The third kappa shape index (κ3) is 3.32. The van der Waals surface area contributed by atoms with Crippen molar-refractivity contribution in [1.82, 2.24) is 0 Å². The summed E-state index contributed by atoms with van der Waals surface area (Å²) in [7, 11) is -3.77. The summed E-state index contributed by atoms with van der Waals surface area (Å²) in [5.74, 6) is -0.602. The number of para-hydroxylation sites is 1. The standard InChI is InChI=1S/C17H14N2O3S2/c18-17(20)12-7-9-13(10-8-12)24(21,22)19-15-5-2-1-4-14(15)16-6-3-11-23-16/h1-11,19H,(H2,18,20). The molecular formula is C17H14N2O3S2. The third-order valence-corrected chi connectivity index (χ3v) is 5.69. The van der Waals surface area contributed by atoms with Gasteiger partial charge in [-0.3, -0.25) is 9.52 Å². The number of hydrogen-bond donors (Lipinski definition) is 2. The molecule has 0 bridgehead atoms. The average molecular weight is 358 g/mol. The molecule has 1 amide bonds. The van der Waals surface area contributed by atoms with Gasteiger partial charge in [-0.1, -0.05) is 24.3 Å². The lowest BCUT2D eigenvalue weighted by atomic mass is 10.1. The molecule has 3 N–H and O–H groups in total. The minimum Gasteiger partial charge on any atom is -0.366 e. The lowest BCUT2D eigenvalue weighted by Crippen LogP contribution is -2.15. The lowest BCUT2D eigenvalue weighted by Gasteiger charge is -2.12. The fraction of sp³-hybridized carbons (Fsp3) is 0. The van der Waals surface area contributed by atoms with Crippen molar-refractivity contribution in [1.29, 1.82) is 0 Å². The van der Waals surface area contributed by atoms with Crippen molar-refractivity contribution in [2.45, 2.75) is 4.90 Å². The second kappa shape index (κ2) is 6.46. The van der Waals surface area contributed by atoms with E-state index in [-0.39, 0.29) is 10.5 Å². The van der Waals surface area contributed by atoms with Gasteiger partial charge in [-0.05, 0) is 41.8 Å². The van der Waals surface area contributed by atoms with E-state index in [0.717, 1.165) is 10.4 Å². The molecule has 5 nitrogen and oxygen atoms in total. The van der Waals surface area contributed by atoms with Crippen LogP contribution in [-0.4, -0.2) is 14.3 Å². The van der Waals surface area contributed by atoms with Gasteiger partial charge in [0, 0.05) is 16.0 Å². The van der Waals surface area contributed by atoms with Gasteiger partial charge in [0.25, 0.3) is 10.0 Å². The van der Waals surface area contributed by atoms with E-state index in [4.69, 9.17) is 5.73 Å². The van der Waals surface area contributed by atoms with Crippen molar-refractivity contribution in [3.63, 3.8) is 0 Å². The number of anilines is 1. The molecule has 0 atom stereocenters. The Morgan fingerprint density at radius 2 is 1.67 bits per heavy atom. The monoisotopic (exact) mass is 358 g/mol. The number of amides is 1. The van der Waals surface area contributed by atoms with Crippen LogP contribution in [-0.2, 0) is 10.0 Å². The zero-order valence-electron chi connectivity index (χ0n) is 12.5. The van der Waals surface area contributed by atoms with E-state index in [2.05, 4.69) is 4.72 Å². The minimum absolute atomic E-state index is 0.0634. The number of nitrogens with two attached hydrogens (primary N) is 1. The normalized spacial score (nSPS) is 11.2. The quantitative estimate of drug-likeness (QED) is 0.733. The Morgan fingerprint density at radius 3 is 2.29 bits per heavy atom. The molecule has 0 aliphatic rings. The first-order valence-corrected chi connectivity index (χ1v) is 9.39. The van der Waals surface area contributed by atoms with Crippen molar-refractivity contribution >= 4 is 33.0 Å². The maximum absolute atomic E-state index is 12.6. The number of nitrogens with one attached hydrogen (secondary N) is 1. The molecular weight excluding hydrogens is 344 g/mol. The van der Waals surface area contributed by atoms with E-state index < -0.39 is 15.9 Å². The zero-order valence-corrected chi connectivity index (χ0v) is 14.1. The SMILES string of the molecule is NC(=O)c1ccc(S(=O)(=O)Nc2ccccc2-c2cccs2)cc1. The van der Waals surface area contributed by atoms with E-state index in [1.165, 1.54) is 35.6 Å². The zero-order chi connectivity index (χ0) is 17.2. The van der Waals surface area contributed by atoms with Gasteiger partial charge < -0.3 is 5.73 Å². The highest BCUT2D eigenvalue weighted by Gasteiger charge is 2.17. The van der Waals surface area contributed by atoms with Gasteiger partial charge in [-0.25, -0.2) is 8.42 Å². The number of primary amides is 1. The maximum Gasteiger partial charge on any atom is 0.261 e. The summed E-state index contributed by atoms with van der Waals surface area (Å²) >= 11 is 1.53. The highest BCUT2D eigenvalue weighted by Crippen LogP contribution is 2.32. The van der Waals surface area contributed by atoms with Crippen LogP contribution in [0.15, 0.2) is 70.9 Å². The topological polar surface area (TPSA) is 89.3 Å². The van der Waals surface area contributed by atoms with Crippen LogP contribution in [0.1, 0.15) is 10.4 Å². The van der Waals surface area contributed by atoms with Crippen LogP contribution in [0, 0.1) is 0 Å². The largest absolute Gasteiger partial charge is 0.366 e. The van der Waals surface area contributed by atoms with Crippen molar-refractivity contribution < 1.29 is 13.2 Å². The predicted molar refractivity (Wildman–Crippen MR) is 95.5 cm³/mol. The average Bonchev–Trinajstić information content (AvgIpc) is 3.09. The minimum atomic E-state index is -3.77. The second-order valence-electron chi connectivity index (χ2n) is 5.02.